The number of amides is 1. The van der Waals surface area contributed by atoms with Crippen molar-refractivity contribution in [3.63, 3.8) is 0 Å². The van der Waals surface area contributed by atoms with Gasteiger partial charge in [0.1, 0.15) is 5.60 Å². The Morgan fingerprint density at radius 2 is 2.15 bits per heavy atom. The third-order valence-electron chi connectivity index (χ3n) is 3.61. The number of hydrogen-bond acceptors (Lipinski definition) is 3. The number of ether oxygens (including phenoxy) is 1. The van der Waals surface area contributed by atoms with Crippen molar-refractivity contribution >= 4 is 6.09 Å². The minimum Gasteiger partial charge on any atom is -0.444 e. The molecule has 118 valence electrons. The van der Waals surface area contributed by atoms with Gasteiger partial charge in [-0.3, -0.25) is 0 Å². The van der Waals surface area contributed by atoms with E-state index in [0.717, 1.165) is 32.5 Å². The third kappa shape index (κ3) is 6.60. The lowest BCUT2D eigenvalue weighted by molar-refractivity contribution is 0.0186. The standard InChI is InChI=1S/C16H32N2O2/c1-6-8-13(2)11-17-14-9-7-10-18(12-14)15(19)20-16(3,4)5/h13-14,17H,6-12H2,1-5H3. The first-order valence-electron chi connectivity index (χ1n) is 8.03. The molecular formula is C16H32N2O2. The van der Waals surface area contributed by atoms with Crippen molar-refractivity contribution in [2.75, 3.05) is 19.6 Å². The van der Waals surface area contributed by atoms with Crippen molar-refractivity contribution < 1.29 is 9.53 Å². The lowest BCUT2D eigenvalue weighted by atomic mass is 10.0. The topological polar surface area (TPSA) is 41.6 Å². The first-order chi connectivity index (χ1) is 9.31. The summed E-state index contributed by atoms with van der Waals surface area (Å²) in [7, 11) is 0. The molecule has 1 rings (SSSR count). The SMILES string of the molecule is CCCC(C)CNC1CCCN(C(=O)OC(C)(C)C)C1. The molecule has 4 heteroatoms. The zero-order chi connectivity index (χ0) is 15.2. The molecule has 0 aliphatic carbocycles. The predicted molar refractivity (Wildman–Crippen MR) is 82.9 cm³/mol. The number of rotatable bonds is 5. The van der Waals surface area contributed by atoms with E-state index in [9.17, 15) is 4.79 Å². The number of carbonyl (C=O) groups is 1. The highest BCUT2D eigenvalue weighted by atomic mass is 16.6. The quantitative estimate of drug-likeness (QED) is 0.841. The van der Waals surface area contributed by atoms with Crippen molar-refractivity contribution in [3.8, 4) is 0 Å². The maximum absolute atomic E-state index is 12.1. The summed E-state index contributed by atoms with van der Waals surface area (Å²) in [4.78, 5) is 13.9. The molecule has 0 aromatic carbocycles. The number of piperidine rings is 1. The van der Waals surface area contributed by atoms with Crippen LogP contribution in [-0.2, 0) is 4.74 Å². The van der Waals surface area contributed by atoms with E-state index >= 15 is 0 Å². The van der Waals surface area contributed by atoms with Gasteiger partial charge in [0, 0.05) is 19.1 Å². The molecule has 2 unspecified atom stereocenters. The van der Waals surface area contributed by atoms with Crippen LogP contribution in [0.2, 0.25) is 0 Å². The highest BCUT2D eigenvalue weighted by molar-refractivity contribution is 5.68. The molecule has 0 bridgehead atoms. The summed E-state index contributed by atoms with van der Waals surface area (Å²) < 4.78 is 5.45. The summed E-state index contributed by atoms with van der Waals surface area (Å²) in [6.45, 7) is 12.9. The average Bonchev–Trinajstić information content (AvgIpc) is 2.35. The Kier molecular flexibility index (Phi) is 6.80. The normalized spacial score (nSPS) is 21.6. The zero-order valence-electron chi connectivity index (χ0n) is 13.9. The zero-order valence-corrected chi connectivity index (χ0v) is 13.9. The number of carbonyl (C=O) groups excluding carboxylic acids is 1. The summed E-state index contributed by atoms with van der Waals surface area (Å²) in [5.41, 5.74) is -0.410. The van der Waals surface area contributed by atoms with Crippen LogP contribution in [0.5, 0.6) is 0 Å². The molecule has 4 nitrogen and oxygen atoms in total. The lowest BCUT2D eigenvalue weighted by Gasteiger charge is -2.35. The molecule has 0 radical (unpaired) electrons. The van der Waals surface area contributed by atoms with E-state index in [1.54, 1.807) is 0 Å². The molecule has 1 aliphatic rings. The molecule has 0 aromatic heterocycles. The number of hydrogen-bond donors (Lipinski definition) is 1. The third-order valence-corrected chi connectivity index (χ3v) is 3.61. The van der Waals surface area contributed by atoms with Gasteiger partial charge < -0.3 is 15.0 Å². The summed E-state index contributed by atoms with van der Waals surface area (Å²) in [6.07, 6.45) is 4.52. The van der Waals surface area contributed by atoms with Crippen LogP contribution in [0.4, 0.5) is 4.79 Å². The molecule has 20 heavy (non-hydrogen) atoms. The fraction of sp³-hybridized carbons (Fsp3) is 0.938. The number of nitrogens with one attached hydrogen (secondary N) is 1. The van der Waals surface area contributed by atoms with Gasteiger partial charge in [-0.2, -0.15) is 0 Å². The summed E-state index contributed by atoms with van der Waals surface area (Å²) in [6, 6.07) is 0.413. The Labute approximate surface area is 124 Å². The van der Waals surface area contributed by atoms with Gasteiger partial charge in [-0.1, -0.05) is 20.3 Å². The predicted octanol–water partition coefficient (Wildman–Crippen LogP) is 3.41. The second kappa shape index (κ2) is 7.87. The molecule has 1 fully saturated rings. The van der Waals surface area contributed by atoms with Crippen molar-refractivity contribution in [2.24, 2.45) is 5.92 Å². The molecule has 1 amide bonds. The molecule has 1 saturated heterocycles. The molecule has 0 aromatic rings. The van der Waals surface area contributed by atoms with Gasteiger partial charge in [0.25, 0.3) is 0 Å². The Bertz CT molecular complexity index is 299. The van der Waals surface area contributed by atoms with Gasteiger partial charge in [-0.05, 0) is 52.5 Å². The van der Waals surface area contributed by atoms with Gasteiger partial charge >= 0.3 is 6.09 Å². The van der Waals surface area contributed by atoms with Crippen molar-refractivity contribution in [1.82, 2.24) is 10.2 Å². The van der Waals surface area contributed by atoms with Crippen LogP contribution >= 0.6 is 0 Å². The molecule has 1 aliphatic heterocycles. The van der Waals surface area contributed by atoms with Crippen LogP contribution in [0.1, 0.15) is 60.3 Å². The summed E-state index contributed by atoms with van der Waals surface area (Å²) >= 11 is 0. The maximum Gasteiger partial charge on any atom is 0.410 e. The summed E-state index contributed by atoms with van der Waals surface area (Å²) in [5.74, 6) is 0.705. The van der Waals surface area contributed by atoms with E-state index in [2.05, 4.69) is 19.2 Å². The lowest BCUT2D eigenvalue weighted by Crippen LogP contribution is -2.50. The molecular weight excluding hydrogens is 252 g/mol. The minimum absolute atomic E-state index is 0.175. The van der Waals surface area contributed by atoms with E-state index in [4.69, 9.17) is 4.74 Å². The first-order valence-corrected chi connectivity index (χ1v) is 8.03. The monoisotopic (exact) mass is 284 g/mol. The largest absolute Gasteiger partial charge is 0.444 e. The van der Waals surface area contributed by atoms with Crippen LogP contribution < -0.4 is 5.32 Å². The van der Waals surface area contributed by atoms with Crippen LogP contribution in [0.3, 0.4) is 0 Å². The minimum atomic E-state index is -0.410. The Balaban J connectivity index is 2.36. The van der Waals surface area contributed by atoms with Crippen LogP contribution in [0.25, 0.3) is 0 Å². The van der Waals surface area contributed by atoms with Gasteiger partial charge in [-0.15, -0.1) is 0 Å². The first kappa shape index (κ1) is 17.3. The van der Waals surface area contributed by atoms with E-state index in [0.29, 0.717) is 12.0 Å². The fourth-order valence-electron chi connectivity index (χ4n) is 2.60. The average molecular weight is 284 g/mol. The maximum atomic E-state index is 12.1. The molecule has 1 N–H and O–H groups in total. The van der Waals surface area contributed by atoms with Crippen molar-refractivity contribution in [2.45, 2.75) is 71.9 Å². The van der Waals surface area contributed by atoms with Gasteiger partial charge in [0.05, 0.1) is 0 Å². The van der Waals surface area contributed by atoms with E-state index < -0.39 is 5.60 Å². The Morgan fingerprint density at radius 1 is 1.45 bits per heavy atom. The Hall–Kier alpha value is -0.770. The smallest absolute Gasteiger partial charge is 0.410 e. The van der Waals surface area contributed by atoms with Crippen molar-refractivity contribution in [3.05, 3.63) is 0 Å². The molecule has 2 atom stereocenters. The molecule has 0 saturated carbocycles. The van der Waals surface area contributed by atoms with Gasteiger partial charge in [0.2, 0.25) is 0 Å². The highest BCUT2D eigenvalue weighted by Crippen LogP contribution is 2.16. The second-order valence-electron chi connectivity index (χ2n) is 7.07. The Morgan fingerprint density at radius 3 is 2.75 bits per heavy atom. The fourth-order valence-corrected chi connectivity index (χ4v) is 2.60. The van der Waals surface area contributed by atoms with Gasteiger partial charge in [-0.25, -0.2) is 4.79 Å². The molecule has 0 spiro atoms. The second-order valence-corrected chi connectivity index (χ2v) is 7.07. The van der Waals surface area contributed by atoms with Gasteiger partial charge in [0.15, 0.2) is 0 Å². The van der Waals surface area contributed by atoms with Crippen LogP contribution in [0, 0.1) is 5.92 Å². The van der Waals surface area contributed by atoms with E-state index in [-0.39, 0.29) is 6.09 Å². The number of likely N-dealkylation sites (tertiary alicyclic amines) is 1. The highest BCUT2D eigenvalue weighted by Gasteiger charge is 2.27. The molecule has 1 heterocycles. The number of nitrogens with zero attached hydrogens (tertiary/aromatic N) is 1. The van der Waals surface area contributed by atoms with Crippen molar-refractivity contribution in [1.29, 1.82) is 0 Å². The van der Waals surface area contributed by atoms with Crippen LogP contribution in [-0.4, -0.2) is 42.3 Å². The van der Waals surface area contributed by atoms with Crippen LogP contribution in [0.15, 0.2) is 0 Å². The summed E-state index contributed by atoms with van der Waals surface area (Å²) in [5, 5.41) is 3.60. The van der Waals surface area contributed by atoms with E-state index in [1.165, 1.54) is 12.8 Å². The van der Waals surface area contributed by atoms with E-state index in [1.807, 2.05) is 25.7 Å².